The van der Waals surface area contributed by atoms with Crippen molar-refractivity contribution in [2.75, 3.05) is 11.9 Å². The Morgan fingerprint density at radius 1 is 1.26 bits per heavy atom. The van der Waals surface area contributed by atoms with Crippen molar-refractivity contribution in [3.05, 3.63) is 48.2 Å². The van der Waals surface area contributed by atoms with Crippen molar-refractivity contribution in [1.82, 2.24) is 9.78 Å². The Kier molecular flexibility index (Phi) is 5.08. The van der Waals surface area contributed by atoms with Gasteiger partial charge in [0.2, 0.25) is 5.91 Å². The van der Waals surface area contributed by atoms with Crippen molar-refractivity contribution in [1.29, 1.82) is 0 Å². The first-order valence-electron chi connectivity index (χ1n) is 8.34. The number of amides is 1. The molecule has 0 spiro atoms. The van der Waals surface area contributed by atoms with Crippen LogP contribution in [0.25, 0.3) is 0 Å². The summed E-state index contributed by atoms with van der Waals surface area (Å²) in [5, 5.41) is 7.37. The van der Waals surface area contributed by atoms with Gasteiger partial charge in [-0.3, -0.25) is 4.79 Å². The second kappa shape index (κ2) is 7.42. The quantitative estimate of drug-likeness (QED) is 0.860. The maximum Gasteiger partial charge on any atom is 0.228 e. The highest BCUT2D eigenvalue weighted by molar-refractivity contribution is 5.92. The maximum atomic E-state index is 12.5. The van der Waals surface area contributed by atoms with Gasteiger partial charge in [-0.15, -0.1) is 0 Å². The fourth-order valence-corrected chi connectivity index (χ4v) is 3.38. The Morgan fingerprint density at radius 3 is 2.87 bits per heavy atom. The lowest BCUT2D eigenvalue weighted by atomic mass is 9.95. The largest absolute Gasteiger partial charge is 0.330 e. The van der Waals surface area contributed by atoms with Gasteiger partial charge in [0, 0.05) is 18.5 Å². The van der Waals surface area contributed by atoms with Crippen molar-refractivity contribution < 1.29 is 4.79 Å². The highest BCUT2D eigenvalue weighted by atomic mass is 16.2. The molecule has 5 heteroatoms. The number of rotatable bonds is 6. The molecule has 1 aromatic heterocycles. The number of hydrogen-bond donors (Lipinski definition) is 2. The zero-order chi connectivity index (χ0) is 16.1. The van der Waals surface area contributed by atoms with Crippen molar-refractivity contribution in [3.63, 3.8) is 0 Å². The van der Waals surface area contributed by atoms with E-state index in [4.69, 9.17) is 5.73 Å². The minimum absolute atomic E-state index is 0.0393. The van der Waals surface area contributed by atoms with Crippen LogP contribution in [0.1, 0.15) is 24.8 Å². The predicted molar refractivity (Wildman–Crippen MR) is 90.9 cm³/mol. The molecule has 0 saturated heterocycles. The van der Waals surface area contributed by atoms with Gasteiger partial charge >= 0.3 is 0 Å². The van der Waals surface area contributed by atoms with Crippen LogP contribution in [-0.4, -0.2) is 22.2 Å². The number of aromatic nitrogens is 2. The van der Waals surface area contributed by atoms with Gasteiger partial charge in [0.25, 0.3) is 0 Å². The molecule has 1 aliphatic rings. The van der Waals surface area contributed by atoms with Gasteiger partial charge in [-0.05, 0) is 37.3 Å². The summed E-state index contributed by atoms with van der Waals surface area (Å²) in [5.74, 6) is 1.21. The third-order valence-corrected chi connectivity index (χ3v) is 4.72. The molecule has 1 aliphatic carbocycles. The summed E-state index contributed by atoms with van der Waals surface area (Å²) >= 11 is 0. The molecule has 1 saturated carbocycles. The van der Waals surface area contributed by atoms with E-state index >= 15 is 0 Å². The van der Waals surface area contributed by atoms with E-state index in [1.165, 1.54) is 5.56 Å². The van der Waals surface area contributed by atoms with Gasteiger partial charge in [-0.2, -0.15) is 5.10 Å². The number of benzene rings is 1. The standard InChI is InChI=1S/C18H24N4O/c19-13-15-7-4-8-16(15)18(23)21-17-9-11-20-22(17)12-10-14-5-2-1-3-6-14/h1-3,5-6,9,11,15-16H,4,7-8,10,12-13,19H2,(H,21,23)/t15-,16-/m1/s1. The van der Waals surface area contributed by atoms with E-state index in [2.05, 4.69) is 22.5 Å². The van der Waals surface area contributed by atoms with Crippen LogP contribution in [0.3, 0.4) is 0 Å². The molecule has 1 heterocycles. The fourth-order valence-electron chi connectivity index (χ4n) is 3.38. The Morgan fingerprint density at radius 2 is 2.09 bits per heavy atom. The topological polar surface area (TPSA) is 72.9 Å². The molecule has 3 N–H and O–H groups in total. The van der Waals surface area contributed by atoms with Crippen LogP contribution in [-0.2, 0) is 17.8 Å². The van der Waals surface area contributed by atoms with Crippen LogP contribution in [0.4, 0.5) is 5.82 Å². The van der Waals surface area contributed by atoms with Gasteiger partial charge in [-0.25, -0.2) is 4.68 Å². The number of carbonyl (C=O) groups excluding carboxylic acids is 1. The van der Waals surface area contributed by atoms with Crippen molar-refractivity contribution in [2.45, 2.75) is 32.2 Å². The summed E-state index contributed by atoms with van der Waals surface area (Å²) in [6.45, 7) is 1.34. The number of aryl methyl sites for hydroxylation is 2. The first-order valence-corrected chi connectivity index (χ1v) is 8.34. The summed E-state index contributed by atoms with van der Waals surface area (Å²) in [6, 6.07) is 12.1. The monoisotopic (exact) mass is 312 g/mol. The average molecular weight is 312 g/mol. The van der Waals surface area contributed by atoms with Gasteiger partial charge in [0.15, 0.2) is 0 Å². The molecular formula is C18H24N4O. The number of anilines is 1. The minimum Gasteiger partial charge on any atom is -0.330 e. The summed E-state index contributed by atoms with van der Waals surface area (Å²) in [6.07, 6.45) is 5.71. The third kappa shape index (κ3) is 3.79. The lowest BCUT2D eigenvalue weighted by molar-refractivity contribution is -0.120. The molecule has 0 radical (unpaired) electrons. The van der Waals surface area contributed by atoms with Crippen LogP contribution in [0.15, 0.2) is 42.6 Å². The molecule has 1 amide bonds. The normalized spacial score (nSPS) is 20.6. The van der Waals surface area contributed by atoms with Gasteiger partial charge in [0.05, 0.1) is 6.20 Å². The van der Waals surface area contributed by atoms with Crippen molar-refractivity contribution in [2.24, 2.45) is 17.6 Å². The molecule has 3 rings (SSSR count). The fraction of sp³-hybridized carbons (Fsp3) is 0.444. The molecule has 5 nitrogen and oxygen atoms in total. The number of nitrogens with two attached hydrogens (primary N) is 1. The summed E-state index contributed by atoms with van der Waals surface area (Å²) in [7, 11) is 0. The molecule has 1 aromatic carbocycles. The Bertz CT molecular complexity index is 637. The molecule has 23 heavy (non-hydrogen) atoms. The van der Waals surface area contributed by atoms with Crippen LogP contribution in [0.5, 0.6) is 0 Å². The maximum absolute atomic E-state index is 12.5. The number of carbonyl (C=O) groups is 1. The molecule has 122 valence electrons. The highest BCUT2D eigenvalue weighted by Gasteiger charge is 2.32. The van der Waals surface area contributed by atoms with Gasteiger partial charge < -0.3 is 11.1 Å². The zero-order valence-corrected chi connectivity index (χ0v) is 13.3. The van der Waals surface area contributed by atoms with E-state index in [1.807, 2.05) is 28.9 Å². The van der Waals surface area contributed by atoms with Gasteiger partial charge in [0.1, 0.15) is 5.82 Å². The van der Waals surface area contributed by atoms with Crippen molar-refractivity contribution >= 4 is 11.7 Å². The summed E-state index contributed by atoms with van der Waals surface area (Å²) < 4.78 is 1.86. The first kappa shape index (κ1) is 15.7. The third-order valence-electron chi connectivity index (χ3n) is 4.72. The van der Waals surface area contributed by atoms with Crippen LogP contribution in [0.2, 0.25) is 0 Å². The molecule has 0 aliphatic heterocycles. The summed E-state index contributed by atoms with van der Waals surface area (Å²) in [5.41, 5.74) is 7.04. The van der Waals surface area contributed by atoms with E-state index in [1.54, 1.807) is 6.20 Å². The van der Waals surface area contributed by atoms with Crippen molar-refractivity contribution in [3.8, 4) is 0 Å². The SMILES string of the molecule is NC[C@H]1CCC[C@H]1C(=O)Nc1ccnn1CCc1ccccc1. The number of nitrogens with zero attached hydrogens (tertiary/aromatic N) is 2. The lowest BCUT2D eigenvalue weighted by Crippen LogP contribution is -2.30. The smallest absolute Gasteiger partial charge is 0.228 e. The van der Waals surface area contributed by atoms with E-state index in [9.17, 15) is 4.79 Å². The Balaban J connectivity index is 1.61. The lowest BCUT2D eigenvalue weighted by Gasteiger charge is -2.17. The van der Waals surface area contributed by atoms with E-state index < -0.39 is 0 Å². The molecular weight excluding hydrogens is 288 g/mol. The van der Waals surface area contributed by atoms with E-state index in [0.717, 1.165) is 38.0 Å². The molecule has 0 bridgehead atoms. The number of nitrogens with one attached hydrogen (secondary N) is 1. The summed E-state index contributed by atoms with van der Waals surface area (Å²) in [4.78, 5) is 12.5. The van der Waals surface area contributed by atoms with Crippen LogP contribution >= 0.6 is 0 Å². The highest BCUT2D eigenvalue weighted by Crippen LogP contribution is 2.31. The molecule has 1 fully saturated rings. The van der Waals surface area contributed by atoms with Crippen LogP contribution < -0.4 is 11.1 Å². The van der Waals surface area contributed by atoms with Crippen LogP contribution in [0, 0.1) is 11.8 Å². The molecule has 0 unspecified atom stereocenters. The molecule has 2 atom stereocenters. The average Bonchev–Trinajstić information content (AvgIpc) is 3.22. The second-order valence-electron chi connectivity index (χ2n) is 6.20. The predicted octanol–water partition coefficient (Wildman–Crippen LogP) is 2.44. The van der Waals surface area contributed by atoms with E-state index in [-0.39, 0.29) is 11.8 Å². The minimum atomic E-state index is 0.0393. The molecule has 2 aromatic rings. The zero-order valence-electron chi connectivity index (χ0n) is 13.3. The van der Waals surface area contributed by atoms with E-state index in [0.29, 0.717) is 12.5 Å². The Labute approximate surface area is 136 Å². The number of hydrogen-bond acceptors (Lipinski definition) is 3. The Hall–Kier alpha value is -2.14. The first-order chi connectivity index (χ1) is 11.3. The van der Waals surface area contributed by atoms with Gasteiger partial charge in [-0.1, -0.05) is 36.8 Å². The second-order valence-corrected chi connectivity index (χ2v) is 6.20.